The Labute approximate surface area is 112 Å². The van der Waals surface area contributed by atoms with Crippen LogP contribution in [0.3, 0.4) is 0 Å². The molecular weight excluding hydrogens is 262 g/mol. The maximum atomic E-state index is 12.3. The number of nitrogens with zero attached hydrogens (tertiary/aromatic N) is 3. The third kappa shape index (κ3) is 2.76. The van der Waals surface area contributed by atoms with Crippen molar-refractivity contribution >= 4 is 10.0 Å². The molecule has 1 unspecified atom stereocenters. The van der Waals surface area contributed by atoms with E-state index >= 15 is 0 Å². The quantitative estimate of drug-likeness (QED) is 0.834. The van der Waals surface area contributed by atoms with Crippen molar-refractivity contribution in [2.75, 3.05) is 6.54 Å². The molecule has 1 heterocycles. The Morgan fingerprint density at radius 3 is 2.74 bits per heavy atom. The summed E-state index contributed by atoms with van der Waals surface area (Å²) in [6.07, 6.45) is 1.28. The highest BCUT2D eigenvalue weighted by Gasteiger charge is 2.34. The molecule has 1 saturated heterocycles. The molecule has 0 radical (unpaired) electrons. The van der Waals surface area contributed by atoms with Crippen molar-refractivity contribution < 1.29 is 8.42 Å². The van der Waals surface area contributed by atoms with Crippen molar-refractivity contribution in [1.29, 1.82) is 10.5 Å². The normalized spacial score (nSPS) is 19.8. The fourth-order valence-corrected chi connectivity index (χ4v) is 3.99. The van der Waals surface area contributed by atoms with Crippen LogP contribution in [-0.2, 0) is 15.8 Å². The minimum Gasteiger partial charge on any atom is -0.212 e. The number of benzene rings is 1. The van der Waals surface area contributed by atoms with E-state index in [1.807, 2.05) is 12.1 Å². The van der Waals surface area contributed by atoms with Crippen molar-refractivity contribution in [1.82, 2.24) is 4.31 Å². The van der Waals surface area contributed by atoms with Crippen LogP contribution in [0, 0.1) is 22.7 Å². The van der Waals surface area contributed by atoms with Gasteiger partial charge in [-0.15, -0.1) is 0 Å². The van der Waals surface area contributed by atoms with E-state index in [1.165, 1.54) is 4.31 Å². The van der Waals surface area contributed by atoms with Gasteiger partial charge in [0.15, 0.2) is 0 Å². The van der Waals surface area contributed by atoms with Gasteiger partial charge in [-0.1, -0.05) is 18.2 Å². The highest BCUT2D eigenvalue weighted by molar-refractivity contribution is 7.88. The molecule has 1 fully saturated rings. The second-order valence-electron chi connectivity index (χ2n) is 4.42. The molecule has 1 aromatic rings. The molecule has 1 aromatic carbocycles. The Hall–Kier alpha value is -1.89. The molecule has 0 N–H and O–H groups in total. The van der Waals surface area contributed by atoms with Gasteiger partial charge in [0.25, 0.3) is 0 Å². The summed E-state index contributed by atoms with van der Waals surface area (Å²) in [7, 11) is -3.55. The summed E-state index contributed by atoms with van der Waals surface area (Å²) in [6.45, 7) is 0.384. The van der Waals surface area contributed by atoms with Gasteiger partial charge in [0.1, 0.15) is 6.04 Å². The standard InChI is InChI=1S/C13H13N3O2S/c14-8-11-4-1-2-5-12(11)10-19(17,18)16-7-3-6-13(16)9-15/h1-2,4-5,13H,3,6-7,10H2. The predicted molar refractivity (Wildman–Crippen MR) is 69.1 cm³/mol. The van der Waals surface area contributed by atoms with Crippen molar-refractivity contribution in [3.8, 4) is 12.1 Å². The van der Waals surface area contributed by atoms with Gasteiger partial charge in [-0.2, -0.15) is 14.8 Å². The minimum atomic E-state index is -3.55. The number of rotatable bonds is 3. The van der Waals surface area contributed by atoms with Crippen molar-refractivity contribution in [2.24, 2.45) is 0 Å². The molecule has 0 aromatic heterocycles. The summed E-state index contributed by atoms with van der Waals surface area (Å²) in [5.74, 6) is -0.227. The lowest BCUT2D eigenvalue weighted by molar-refractivity contribution is 0.437. The first-order chi connectivity index (χ1) is 9.08. The molecule has 0 aliphatic carbocycles. The SMILES string of the molecule is N#Cc1ccccc1CS(=O)(=O)N1CCCC1C#N. The van der Waals surface area contributed by atoms with Crippen LogP contribution in [0.1, 0.15) is 24.0 Å². The Bertz CT molecular complexity index is 655. The fourth-order valence-electron chi connectivity index (χ4n) is 2.24. The number of hydrogen-bond donors (Lipinski definition) is 0. The van der Waals surface area contributed by atoms with Crippen LogP contribution >= 0.6 is 0 Å². The van der Waals surface area contributed by atoms with Crippen LogP contribution in [0.4, 0.5) is 0 Å². The van der Waals surface area contributed by atoms with Gasteiger partial charge in [0.05, 0.1) is 23.5 Å². The summed E-state index contributed by atoms with van der Waals surface area (Å²) in [4.78, 5) is 0. The van der Waals surface area contributed by atoms with Crippen LogP contribution in [-0.4, -0.2) is 25.3 Å². The van der Waals surface area contributed by atoms with E-state index < -0.39 is 16.1 Å². The van der Waals surface area contributed by atoms with Crippen LogP contribution in [0.2, 0.25) is 0 Å². The third-order valence-corrected chi connectivity index (χ3v) is 5.01. The van der Waals surface area contributed by atoms with E-state index in [0.29, 0.717) is 30.5 Å². The molecule has 0 bridgehead atoms. The summed E-state index contributed by atoms with van der Waals surface area (Å²) in [5, 5.41) is 17.9. The first-order valence-corrected chi connectivity index (χ1v) is 7.56. The van der Waals surface area contributed by atoms with E-state index in [0.717, 1.165) is 0 Å². The number of sulfonamides is 1. The fraction of sp³-hybridized carbons (Fsp3) is 0.385. The third-order valence-electron chi connectivity index (χ3n) is 3.19. The van der Waals surface area contributed by atoms with Crippen LogP contribution in [0.5, 0.6) is 0 Å². The zero-order valence-corrected chi connectivity index (χ0v) is 11.1. The first-order valence-electron chi connectivity index (χ1n) is 5.95. The number of hydrogen-bond acceptors (Lipinski definition) is 4. The Balaban J connectivity index is 2.28. The Morgan fingerprint density at radius 2 is 2.05 bits per heavy atom. The monoisotopic (exact) mass is 275 g/mol. The van der Waals surface area contributed by atoms with E-state index in [9.17, 15) is 8.42 Å². The van der Waals surface area contributed by atoms with E-state index in [4.69, 9.17) is 10.5 Å². The highest BCUT2D eigenvalue weighted by atomic mass is 32.2. The Morgan fingerprint density at radius 1 is 1.32 bits per heavy atom. The summed E-state index contributed by atoms with van der Waals surface area (Å²) < 4.78 is 25.9. The molecule has 98 valence electrons. The first kappa shape index (κ1) is 13.5. The van der Waals surface area contributed by atoms with Crippen LogP contribution in [0.15, 0.2) is 24.3 Å². The minimum absolute atomic E-state index is 0.227. The average molecular weight is 275 g/mol. The van der Waals surface area contributed by atoms with Crippen LogP contribution in [0.25, 0.3) is 0 Å². The molecule has 1 aliphatic rings. The van der Waals surface area contributed by atoms with Gasteiger partial charge in [0, 0.05) is 6.54 Å². The molecule has 0 saturated carbocycles. The zero-order valence-electron chi connectivity index (χ0n) is 10.3. The summed E-state index contributed by atoms with van der Waals surface area (Å²) in [6, 6.07) is 10.1. The maximum absolute atomic E-state index is 12.3. The van der Waals surface area contributed by atoms with Crippen molar-refractivity contribution in [3.05, 3.63) is 35.4 Å². The maximum Gasteiger partial charge on any atom is 0.219 e. The van der Waals surface area contributed by atoms with Gasteiger partial charge in [-0.3, -0.25) is 0 Å². The van der Waals surface area contributed by atoms with E-state index in [2.05, 4.69) is 0 Å². The van der Waals surface area contributed by atoms with Crippen molar-refractivity contribution in [2.45, 2.75) is 24.6 Å². The second-order valence-corrected chi connectivity index (χ2v) is 6.34. The second kappa shape index (κ2) is 5.40. The molecule has 1 aliphatic heterocycles. The molecule has 0 amide bonds. The molecule has 0 spiro atoms. The van der Waals surface area contributed by atoms with Crippen molar-refractivity contribution in [3.63, 3.8) is 0 Å². The molecule has 5 nitrogen and oxygen atoms in total. The lowest BCUT2D eigenvalue weighted by Crippen LogP contribution is -2.35. The van der Waals surface area contributed by atoms with Gasteiger partial charge < -0.3 is 0 Å². The zero-order chi connectivity index (χ0) is 13.9. The lowest BCUT2D eigenvalue weighted by atomic mass is 10.1. The largest absolute Gasteiger partial charge is 0.219 e. The van der Waals surface area contributed by atoms with Gasteiger partial charge in [0.2, 0.25) is 10.0 Å². The average Bonchev–Trinajstić information content (AvgIpc) is 2.88. The molecular formula is C13H13N3O2S. The Kier molecular flexibility index (Phi) is 3.84. The molecule has 1 atom stereocenters. The topological polar surface area (TPSA) is 85.0 Å². The van der Waals surface area contributed by atoms with Gasteiger partial charge in [-0.25, -0.2) is 8.42 Å². The van der Waals surface area contributed by atoms with Crippen LogP contribution < -0.4 is 0 Å². The molecule has 19 heavy (non-hydrogen) atoms. The smallest absolute Gasteiger partial charge is 0.212 e. The van der Waals surface area contributed by atoms with E-state index in [-0.39, 0.29) is 5.75 Å². The summed E-state index contributed by atoms with van der Waals surface area (Å²) in [5.41, 5.74) is 0.840. The highest BCUT2D eigenvalue weighted by Crippen LogP contribution is 2.23. The van der Waals surface area contributed by atoms with E-state index in [1.54, 1.807) is 24.3 Å². The predicted octanol–water partition coefficient (Wildman–Crippen LogP) is 1.38. The van der Waals surface area contributed by atoms with Gasteiger partial charge >= 0.3 is 0 Å². The molecule has 6 heteroatoms. The number of nitriles is 2. The summed E-state index contributed by atoms with van der Waals surface area (Å²) >= 11 is 0. The van der Waals surface area contributed by atoms with Gasteiger partial charge in [-0.05, 0) is 24.5 Å². The molecule has 2 rings (SSSR count). The lowest BCUT2D eigenvalue weighted by Gasteiger charge is -2.19.